The first kappa shape index (κ1) is 8.70. The second-order valence-corrected chi connectivity index (χ2v) is 5.46. The van der Waals surface area contributed by atoms with Gasteiger partial charge in [-0.05, 0) is 11.4 Å². The van der Waals surface area contributed by atoms with Crippen LogP contribution < -0.4 is 5.43 Å². The smallest absolute Gasteiger partial charge is 0.270 e. The second-order valence-electron chi connectivity index (χ2n) is 1.72. The van der Waals surface area contributed by atoms with Crippen LogP contribution in [-0.2, 0) is 9.05 Å². The molecule has 0 aromatic carbocycles. The lowest BCUT2D eigenvalue weighted by Gasteiger charge is -1.89. The summed E-state index contributed by atoms with van der Waals surface area (Å²) in [6.45, 7) is 0. The minimum atomic E-state index is -3.73. The standard InChI is InChI=1S/C5H3ClO3S2/c6-11(8,9)5-3-4(7)1-2-10-5/h1-3H. The first-order chi connectivity index (χ1) is 5.00. The van der Waals surface area contributed by atoms with Crippen LogP contribution in [0.5, 0.6) is 0 Å². The Balaban J connectivity index is 3.40. The first-order valence-corrected chi connectivity index (χ1v) is 5.72. The summed E-state index contributed by atoms with van der Waals surface area (Å²) >= 11 is 0.914. The molecule has 6 heteroatoms. The van der Waals surface area contributed by atoms with Crippen molar-refractivity contribution in [2.75, 3.05) is 0 Å². The van der Waals surface area contributed by atoms with E-state index in [0.717, 1.165) is 17.4 Å². The Bertz CT molecular complexity index is 406. The zero-order valence-electron chi connectivity index (χ0n) is 5.15. The molecule has 0 amide bonds. The maximum absolute atomic E-state index is 10.6. The van der Waals surface area contributed by atoms with Crippen molar-refractivity contribution in [3.63, 3.8) is 0 Å². The van der Waals surface area contributed by atoms with E-state index >= 15 is 0 Å². The van der Waals surface area contributed by atoms with Crippen molar-refractivity contribution in [1.29, 1.82) is 0 Å². The molecule has 1 aromatic heterocycles. The van der Waals surface area contributed by atoms with E-state index < -0.39 is 9.05 Å². The Morgan fingerprint density at radius 3 is 2.45 bits per heavy atom. The summed E-state index contributed by atoms with van der Waals surface area (Å²) in [5.41, 5.74) is -0.358. The van der Waals surface area contributed by atoms with Gasteiger partial charge in [-0.2, -0.15) is 0 Å². The van der Waals surface area contributed by atoms with E-state index in [-0.39, 0.29) is 9.64 Å². The molecule has 0 saturated heterocycles. The molecular weight excluding hydrogens is 208 g/mol. The normalized spacial score (nSPS) is 11.4. The first-order valence-electron chi connectivity index (χ1n) is 2.54. The van der Waals surface area contributed by atoms with E-state index in [1.165, 1.54) is 11.4 Å². The van der Waals surface area contributed by atoms with Crippen LogP contribution in [0.4, 0.5) is 0 Å². The average molecular weight is 211 g/mol. The summed E-state index contributed by atoms with van der Waals surface area (Å²) in [4.78, 5) is 10.6. The molecule has 1 heterocycles. The zero-order valence-corrected chi connectivity index (χ0v) is 7.54. The fraction of sp³-hybridized carbons (Fsp3) is 0. The fourth-order valence-corrected chi connectivity index (χ4v) is 2.36. The molecule has 0 aliphatic rings. The highest BCUT2D eigenvalue weighted by Gasteiger charge is 2.09. The van der Waals surface area contributed by atoms with Gasteiger partial charge >= 0.3 is 0 Å². The van der Waals surface area contributed by atoms with E-state index in [2.05, 4.69) is 0 Å². The average Bonchev–Trinajstić information content (AvgIpc) is 1.86. The molecule has 3 nitrogen and oxygen atoms in total. The van der Waals surface area contributed by atoms with E-state index in [1.54, 1.807) is 0 Å². The maximum atomic E-state index is 10.6. The molecule has 0 atom stereocenters. The van der Waals surface area contributed by atoms with Gasteiger partial charge in [0, 0.05) is 16.7 Å². The van der Waals surface area contributed by atoms with Gasteiger partial charge in [-0.25, -0.2) is 8.42 Å². The van der Waals surface area contributed by atoms with Crippen molar-refractivity contribution >= 4 is 31.1 Å². The minimum absolute atomic E-state index is 0.119. The molecule has 0 bridgehead atoms. The van der Waals surface area contributed by atoms with Crippen LogP contribution in [-0.4, -0.2) is 8.42 Å². The second kappa shape index (κ2) is 2.92. The van der Waals surface area contributed by atoms with E-state index in [1.807, 2.05) is 0 Å². The predicted octanol–water partition coefficient (Wildman–Crippen LogP) is 1.04. The molecule has 1 aromatic rings. The molecular formula is C5H3ClO3S2. The van der Waals surface area contributed by atoms with E-state index in [4.69, 9.17) is 10.7 Å². The van der Waals surface area contributed by atoms with Crippen molar-refractivity contribution in [3.8, 4) is 0 Å². The van der Waals surface area contributed by atoms with Crippen molar-refractivity contribution in [2.45, 2.75) is 4.21 Å². The van der Waals surface area contributed by atoms with Crippen LogP contribution in [0, 0.1) is 0 Å². The Hall–Kier alpha value is -0.390. The fourth-order valence-electron chi connectivity index (χ4n) is 0.494. The summed E-state index contributed by atoms with van der Waals surface area (Å²) in [5.74, 6) is 0. The minimum Gasteiger partial charge on any atom is -0.290 e. The third-order valence-corrected chi connectivity index (χ3v) is 3.86. The van der Waals surface area contributed by atoms with Gasteiger partial charge in [0.2, 0.25) is 0 Å². The molecule has 11 heavy (non-hydrogen) atoms. The monoisotopic (exact) mass is 210 g/mol. The lowest BCUT2D eigenvalue weighted by molar-refractivity contribution is 0.611. The molecule has 0 N–H and O–H groups in total. The number of hydrogen-bond donors (Lipinski definition) is 0. The Kier molecular flexibility index (Phi) is 2.31. The van der Waals surface area contributed by atoms with Gasteiger partial charge in [0.1, 0.15) is 4.21 Å². The molecule has 0 radical (unpaired) electrons. The predicted molar refractivity (Wildman–Crippen MR) is 43.6 cm³/mol. The van der Waals surface area contributed by atoms with Gasteiger partial charge < -0.3 is 0 Å². The highest BCUT2D eigenvalue weighted by molar-refractivity contribution is 8.15. The van der Waals surface area contributed by atoms with Crippen LogP contribution in [0.3, 0.4) is 0 Å². The van der Waals surface area contributed by atoms with Gasteiger partial charge in [0.15, 0.2) is 5.43 Å². The van der Waals surface area contributed by atoms with Gasteiger partial charge in [-0.3, -0.25) is 4.79 Å². The molecule has 0 fully saturated rings. The summed E-state index contributed by atoms with van der Waals surface area (Å²) in [6.07, 6.45) is 0. The Morgan fingerprint density at radius 1 is 1.45 bits per heavy atom. The van der Waals surface area contributed by atoms with Crippen LogP contribution in [0.25, 0.3) is 0 Å². The highest BCUT2D eigenvalue weighted by atomic mass is 35.7. The summed E-state index contributed by atoms with van der Waals surface area (Å²) in [6, 6.07) is 2.27. The molecule has 0 aliphatic carbocycles. The van der Waals surface area contributed by atoms with Crippen LogP contribution in [0.2, 0.25) is 0 Å². The van der Waals surface area contributed by atoms with E-state index in [9.17, 15) is 13.2 Å². The van der Waals surface area contributed by atoms with Gasteiger partial charge in [0.25, 0.3) is 9.05 Å². The lowest BCUT2D eigenvalue weighted by atomic mass is 10.6. The number of hydrogen-bond acceptors (Lipinski definition) is 4. The van der Waals surface area contributed by atoms with Crippen LogP contribution in [0.15, 0.2) is 26.5 Å². The summed E-state index contributed by atoms with van der Waals surface area (Å²) in [5, 5.41) is 1.39. The lowest BCUT2D eigenvalue weighted by Crippen LogP contribution is -1.98. The molecule has 0 saturated carbocycles. The Morgan fingerprint density at radius 2 is 2.09 bits per heavy atom. The maximum Gasteiger partial charge on any atom is 0.270 e. The number of halogens is 1. The molecule has 0 aliphatic heterocycles. The quantitative estimate of drug-likeness (QED) is 0.651. The third-order valence-electron chi connectivity index (χ3n) is 0.917. The highest BCUT2D eigenvalue weighted by Crippen LogP contribution is 2.16. The number of rotatable bonds is 1. The van der Waals surface area contributed by atoms with Crippen molar-refractivity contribution < 1.29 is 8.42 Å². The topological polar surface area (TPSA) is 51.2 Å². The summed E-state index contributed by atoms with van der Waals surface area (Å²) < 4.78 is 21.1. The van der Waals surface area contributed by atoms with Crippen molar-refractivity contribution in [3.05, 3.63) is 27.7 Å². The van der Waals surface area contributed by atoms with Crippen LogP contribution >= 0.6 is 22.0 Å². The van der Waals surface area contributed by atoms with Gasteiger partial charge in [0.05, 0.1) is 0 Å². The Labute approximate surface area is 71.7 Å². The zero-order chi connectivity index (χ0) is 8.48. The van der Waals surface area contributed by atoms with E-state index in [0.29, 0.717) is 0 Å². The van der Waals surface area contributed by atoms with Crippen LogP contribution in [0.1, 0.15) is 0 Å². The molecule has 0 spiro atoms. The van der Waals surface area contributed by atoms with Crippen molar-refractivity contribution in [1.82, 2.24) is 0 Å². The van der Waals surface area contributed by atoms with Crippen molar-refractivity contribution in [2.24, 2.45) is 0 Å². The molecule has 60 valence electrons. The van der Waals surface area contributed by atoms with Gasteiger partial charge in [-0.1, -0.05) is 0 Å². The largest absolute Gasteiger partial charge is 0.290 e. The van der Waals surface area contributed by atoms with Gasteiger partial charge in [-0.15, -0.1) is 11.3 Å². The molecule has 0 unspecified atom stereocenters. The summed E-state index contributed by atoms with van der Waals surface area (Å²) in [7, 11) is 1.24. The SMILES string of the molecule is O=c1ccsc(S(=O)(=O)Cl)c1. The third kappa shape index (κ3) is 2.28. The molecule has 1 rings (SSSR count).